The average Bonchev–Trinajstić information content (AvgIpc) is 3.94. The number of hydrogen-bond donors (Lipinski definition) is 6. The van der Waals surface area contributed by atoms with Crippen LogP contribution in [0.3, 0.4) is 0 Å². The standard InChI is InChI=1S/C41H41N9O6/c1-24(46-38(51)34(50-41(54)55-4)28-11-7-5-8-12-28)36-44-22-32(48-36)27-17-15-26(16-18-27)31-20-19-30(21-43-31)33-23-45-37(49-33)25(2)47-39(52)35(56-40(53)42-3)29-13-9-6-10-14-29/h5-25,34-35H,1-4H3,(H,42,53)(H,44,48)(H,45,49)(H,46,51)(H,47,52)(H,50,54)/t24-,25+,34+,35?/m0/s1. The number of benzene rings is 3. The third kappa shape index (κ3) is 9.25. The Kier molecular flexibility index (Phi) is 12.1. The molecule has 3 aromatic carbocycles. The molecule has 3 aromatic heterocycles. The van der Waals surface area contributed by atoms with E-state index >= 15 is 0 Å². The molecule has 0 spiro atoms. The lowest BCUT2D eigenvalue weighted by Crippen LogP contribution is -2.41. The first-order chi connectivity index (χ1) is 27.1. The molecule has 4 amide bonds. The molecule has 1 unspecified atom stereocenters. The number of ether oxygens (including phenoxy) is 2. The quantitative estimate of drug-likeness (QED) is 0.0807. The van der Waals surface area contributed by atoms with Gasteiger partial charge in [0.05, 0.1) is 48.7 Å². The van der Waals surface area contributed by atoms with Crippen LogP contribution < -0.4 is 21.3 Å². The Morgan fingerprint density at radius 1 is 0.589 bits per heavy atom. The fraction of sp³-hybridized carbons (Fsp3) is 0.195. The first-order valence-corrected chi connectivity index (χ1v) is 17.7. The first kappa shape index (κ1) is 38.4. The first-order valence-electron chi connectivity index (χ1n) is 17.7. The summed E-state index contributed by atoms with van der Waals surface area (Å²) in [5.41, 5.74) is 5.98. The summed E-state index contributed by atoms with van der Waals surface area (Å²) in [6.45, 7) is 3.58. The van der Waals surface area contributed by atoms with Gasteiger partial charge in [-0.05, 0) is 37.1 Å². The Labute approximate surface area is 322 Å². The van der Waals surface area contributed by atoms with Crippen LogP contribution in [0, 0.1) is 0 Å². The third-order valence-electron chi connectivity index (χ3n) is 8.91. The van der Waals surface area contributed by atoms with Crippen molar-refractivity contribution in [1.82, 2.24) is 46.2 Å². The van der Waals surface area contributed by atoms with Crippen LogP contribution in [-0.4, -0.2) is 63.1 Å². The highest BCUT2D eigenvalue weighted by molar-refractivity contribution is 5.87. The number of aromatic nitrogens is 5. The number of pyridine rings is 1. The number of methoxy groups -OCH3 is 1. The molecule has 15 nitrogen and oxygen atoms in total. The number of H-pyrrole nitrogens is 2. The largest absolute Gasteiger partial charge is 0.453 e. The summed E-state index contributed by atoms with van der Waals surface area (Å²) in [4.78, 5) is 70.5. The summed E-state index contributed by atoms with van der Waals surface area (Å²) in [7, 11) is 2.67. The monoisotopic (exact) mass is 755 g/mol. The number of aromatic amines is 2. The van der Waals surface area contributed by atoms with Crippen molar-refractivity contribution in [3.63, 3.8) is 0 Å². The maximum Gasteiger partial charge on any atom is 0.408 e. The van der Waals surface area contributed by atoms with Crippen LogP contribution in [0.2, 0.25) is 0 Å². The van der Waals surface area contributed by atoms with Gasteiger partial charge in [-0.25, -0.2) is 19.6 Å². The summed E-state index contributed by atoms with van der Waals surface area (Å²) < 4.78 is 10.1. The molecule has 0 saturated heterocycles. The molecule has 0 saturated carbocycles. The van der Waals surface area contributed by atoms with E-state index in [1.807, 2.05) is 48.5 Å². The lowest BCUT2D eigenvalue weighted by atomic mass is 10.1. The van der Waals surface area contributed by atoms with E-state index in [2.05, 4.69) is 46.2 Å². The van der Waals surface area contributed by atoms with Crippen LogP contribution in [0.15, 0.2) is 116 Å². The molecule has 0 fully saturated rings. The Morgan fingerprint density at radius 3 is 1.68 bits per heavy atom. The molecule has 286 valence electrons. The minimum absolute atomic E-state index is 0.412. The molecule has 0 aliphatic heterocycles. The number of nitrogens with zero attached hydrogens (tertiary/aromatic N) is 3. The fourth-order valence-corrected chi connectivity index (χ4v) is 5.86. The SMILES string of the molecule is CNC(=O)OC(C(=O)N[C@H](C)c1ncc(-c2ccc(-c3ccc(-c4cnc([C@H](C)NC(=O)[C@H](NC(=O)OC)c5ccccc5)[nH]4)cc3)nc2)[nH]1)c1ccccc1. The number of carbonyl (C=O) groups excluding carboxylic acids is 4. The van der Waals surface area contributed by atoms with Gasteiger partial charge in [-0.1, -0.05) is 84.9 Å². The van der Waals surface area contributed by atoms with Crippen LogP contribution in [0.5, 0.6) is 0 Å². The van der Waals surface area contributed by atoms with E-state index in [1.165, 1.54) is 14.2 Å². The molecule has 3 heterocycles. The van der Waals surface area contributed by atoms with Gasteiger partial charge < -0.3 is 40.7 Å². The minimum Gasteiger partial charge on any atom is -0.453 e. The fourth-order valence-electron chi connectivity index (χ4n) is 5.86. The Morgan fingerprint density at radius 2 is 1.12 bits per heavy atom. The van der Waals surface area contributed by atoms with Gasteiger partial charge in [0.25, 0.3) is 5.91 Å². The zero-order chi connectivity index (χ0) is 39.6. The highest BCUT2D eigenvalue weighted by atomic mass is 16.6. The third-order valence-corrected chi connectivity index (χ3v) is 8.91. The molecule has 56 heavy (non-hydrogen) atoms. The number of hydrogen-bond acceptors (Lipinski definition) is 9. The predicted octanol–water partition coefficient (Wildman–Crippen LogP) is 6.08. The van der Waals surface area contributed by atoms with Crippen molar-refractivity contribution in [2.45, 2.75) is 38.1 Å². The van der Waals surface area contributed by atoms with Gasteiger partial charge in [0.2, 0.25) is 12.0 Å². The van der Waals surface area contributed by atoms with E-state index in [4.69, 9.17) is 9.47 Å². The second-order valence-electron chi connectivity index (χ2n) is 12.8. The van der Waals surface area contributed by atoms with E-state index in [1.54, 1.807) is 81.0 Å². The maximum absolute atomic E-state index is 13.2. The summed E-state index contributed by atoms with van der Waals surface area (Å²) in [6.07, 6.45) is 2.53. The molecular formula is C41H41N9O6. The van der Waals surface area contributed by atoms with Gasteiger partial charge in [0, 0.05) is 29.9 Å². The summed E-state index contributed by atoms with van der Waals surface area (Å²) >= 11 is 0. The van der Waals surface area contributed by atoms with E-state index in [9.17, 15) is 19.2 Å². The molecule has 0 bridgehead atoms. The highest BCUT2D eigenvalue weighted by Crippen LogP contribution is 2.27. The number of nitrogens with one attached hydrogen (secondary N) is 6. The van der Waals surface area contributed by atoms with Crippen LogP contribution >= 0.6 is 0 Å². The molecular weight excluding hydrogens is 715 g/mol. The van der Waals surface area contributed by atoms with Crippen molar-refractivity contribution in [2.24, 2.45) is 0 Å². The van der Waals surface area contributed by atoms with Gasteiger partial charge in [-0.2, -0.15) is 0 Å². The lowest BCUT2D eigenvalue weighted by molar-refractivity contribution is -0.130. The van der Waals surface area contributed by atoms with E-state index in [0.717, 1.165) is 28.1 Å². The predicted molar refractivity (Wildman–Crippen MR) is 207 cm³/mol. The van der Waals surface area contributed by atoms with E-state index in [-0.39, 0.29) is 0 Å². The topological polar surface area (TPSA) is 205 Å². The minimum atomic E-state index is -1.14. The maximum atomic E-state index is 13.2. The normalized spacial score (nSPS) is 13.0. The van der Waals surface area contributed by atoms with E-state index in [0.29, 0.717) is 28.5 Å². The van der Waals surface area contributed by atoms with Crippen molar-refractivity contribution in [3.8, 4) is 33.8 Å². The molecule has 0 aliphatic carbocycles. The average molecular weight is 756 g/mol. The number of amides is 4. The second kappa shape index (κ2) is 17.7. The number of carbonyl (C=O) groups is 4. The lowest BCUT2D eigenvalue weighted by Gasteiger charge is -2.20. The number of alkyl carbamates (subject to hydrolysis) is 2. The van der Waals surface area contributed by atoms with Crippen molar-refractivity contribution in [1.29, 1.82) is 0 Å². The zero-order valence-electron chi connectivity index (χ0n) is 31.1. The second-order valence-corrected chi connectivity index (χ2v) is 12.8. The van der Waals surface area contributed by atoms with Crippen LogP contribution in [0.4, 0.5) is 9.59 Å². The van der Waals surface area contributed by atoms with E-state index < -0.39 is 48.2 Å². The number of imidazole rings is 2. The van der Waals surface area contributed by atoms with Gasteiger partial charge in [-0.3, -0.25) is 14.6 Å². The smallest absolute Gasteiger partial charge is 0.408 e. The summed E-state index contributed by atoms with van der Waals surface area (Å²) in [5, 5.41) is 10.8. The Bertz CT molecular complexity index is 2100. The number of rotatable bonds is 13. The van der Waals surface area contributed by atoms with Crippen molar-refractivity contribution in [2.75, 3.05) is 14.2 Å². The van der Waals surface area contributed by atoms with Gasteiger partial charge in [-0.15, -0.1) is 0 Å². The summed E-state index contributed by atoms with van der Waals surface area (Å²) in [5.74, 6) is 0.164. The molecule has 0 aliphatic rings. The molecule has 6 rings (SSSR count). The van der Waals surface area contributed by atoms with Gasteiger partial charge in [0.1, 0.15) is 17.7 Å². The highest BCUT2D eigenvalue weighted by Gasteiger charge is 2.28. The van der Waals surface area contributed by atoms with Gasteiger partial charge >= 0.3 is 12.2 Å². The molecule has 4 atom stereocenters. The van der Waals surface area contributed by atoms with Crippen molar-refractivity contribution < 1.29 is 28.7 Å². The Balaban J connectivity index is 1.07. The molecule has 6 N–H and O–H groups in total. The molecule has 0 radical (unpaired) electrons. The van der Waals surface area contributed by atoms with Crippen LogP contribution in [-0.2, 0) is 19.1 Å². The molecule has 6 aromatic rings. The molecule has 15 heteroatoms. The van der Waals surface area contributed by atoms with Crippen molar-refractivity contribution in [3.05, 3.63) is 138 Å². The van der Waals surface area contributed by atoms with Crippen LogP contribution in [0.25, 0.3) is 33.8 Å². The zero-order valence-corrected chi connectivity index (χ0v) is 31.1. The van der Waals surface area contributed by atoms with Crippen LogP contribution in [0.1, 0.15) is 60.9 Å². The van der Waals surface area contributed by atoms with Gasteiger partial charge in [0.15, 0.2) is 0 Å². The Hall–Kier alpha value is -7.29. The van der Waals surface area contributed by atoms with Crippen molar-refractivity contribution >= 4 is 24.0 Å². The summed E-state index contributed by atoms with van der Waals surface area (Å²) in [6, 6.07) is 27.4.